The molecule has 0 atom stereocenters. The molecule has 0 radical (unpaired) electrons. The summed E-state index contributed by atoms with van der Waals surface area (Å²) < 4.78 is 43.5. The van der Waals surface area contributed by atoms with Gasteiger partial charge in [0.1, 0.15) is 0 Å². The van der Waals surface area contributed by atoms with Crippen LogP contribution in [-0.2, 0) is 43.8 Å². The van der Waals surface area contributed by atoms with E-state index in [1.54, 1.807) is 7.11 Å². The third-order valence-electron chi connectivity index (χ3n) is 2.17. The normalized spacial score (nSPS) is 6.46. The van der Waals surface area contributed by atoms with Crippen LogP contribution in [-0.4, -0.2) is 11.7 Å². The number of fused-ring (bicyclic) bond motifs is 1. The summed E-state index contributed by atoms with van der Waals surface area (Å²) in [5.41, 5.74) is 1.09. The Kier molecular flexibility index (Phi) is 31.8. The quantitative estimate of drug-likeness (QED) is 0.593. The third kappa shape index (κ3) is 12.3. The fraction of sp³-hybridized carbons (Fsp3) is 0.0588. The van der Waals surface area contributed by atoms with Crippen LogP contribution in [0.4, 0.5) is 0 Å². The van der Waals surface area contributed by atoms with E-state index in [1.807, 2.05) is 12.1 Å². The summed E-state index contributed by atoms with van der Waals surface area (Å²) in [5, 5.41) is 2.48. The zero-order chi connectivity index (χ0) is 20.0. The van der Waals surface area contributed by atoms with Gasteiger partial charge in [-0.05, 0) is 0 Å². The van der Waals surface area contributed by atoms with Crippen molar-refractivity contribution in [2.24, 2.45) is 0 Å². The van der Waals surface area contributed by atoms with Crippen molar-refractivity contribution in [3.8, 4) is 0 Å². The molecule has 0 bridgehead atoms. The molecule has 0 N–H and O–H groups in total. The van der Waals surface area contributed by atoms with Crippen molar-refractivity contribution in [3.05, 3.63) is 81.3 Å². The molecule has 0 saturated carbocycles. The molecular formula is C17H10CrO6. The summed E-state index contributed by atoms with van der Waals surface area (Å²) in [6, 6.07) is 14.6. The molecule has 2 aromatic rings. The van der Waals surface area contributed by atoms with Gasteiger partial charge in [-0.15, -0.1) is 0 Å². The van der Waals surface area contributed by atoms with Crippen LogP contribution in [0.15, 0.2) is 42.5 Å². The molecule has 24 heavy (non-hydrogen) atoms. The predicted octanol–water partition coefficient (Wildman–Crippen LogP) is 2.32. The van der Waals surface area contributed by atoms with Gasteiger partial charge >= 0.3 is 148 Å². The average Bonchev–Trinajstić information content (AvgIpc) is 2.74. The SMILES string of the molecule is CO[C](=[Cr])c1ccc2ccccc2c1.[C-]#[O+].[C-]#[O+].[C-]#[O+].[C-]#[O+].[C-]#[O+]. The van der Waals surface area contributed by atoms with Crippen molar-refractivity contribution >= 4 is 15.3 Å². The molecular weight excluding hydrogens is 352 g/mol. The van der Waals surface area contributed by atoms with Crippen molar-refractivity contribution in [2.75, 3.05) is 7.11 Å². The van der Waals surface area contributed by atoms with Crippen molar-refractivity contribution in [2.45, 2.75) is 0 Å². The van der Waals surface area contributed by atoms with Crippen molar-refractivity contribution < 1.29 is 43.8 Å². The van der Waals surface area contributed by atoms with Gasteiger partial charge in [-0.1, -0.05) is 0 Å². The minimum absolute atomic E-state index is 0.829. The Bertz CT molecular complexity index is 648. The van der Waals surface area contributed by atoms with Crippen LogP contribution in [0.5, 0.6) is 0 Å². The van der Waals surface area contributed by atoms with E-state index in [9.17, 15) is 0 Å². The maximum absolute atomic E-state index is 7.50. The molecule has 0 aliphatic carbocycles. The molecule has 0 aliphatic heterocycles. The summed E-state index contributed by atoms with van der Waals surface area (Å²) in [7, 11) is 1.67. The van der Waals surface area contributed by atoms with Gasteiger partial charge in [0.05, 0.1) is 0 Å². The number of rotatable bonds is 2. The van der Waals surface area contributed by atoms with Gasteiger partial charge in [0, 0.05) is 0 Å². The van der Waals surface area contributed by atoms with Gasteiger partial charge in [0.15, 0.2) is 0 Å². The van der Waals surface area contributed by atoms with Gasteiger partial charge in [0.2, 0.25) is 0 Å². The van der Waals surface area contributed by atoms with Crippen LogP contribution in [0.1, 0.15) is 5.56 Å². The first-order chi connectivity index (χ1) is 11.8. The molecule has 0 spiro atoms. The molecule has 0 amide bonds. The first-order valence-electron chi connectivity index (χ1n) is 5.40. The average molecular weight is 362 g/mol. The Morgan fingerprint density at radius 3 is 1.58 bits per heavy atom. The summed E-state index contributed by atoms with van der Waals surface area (Å²) in [4.78, 5) is 0. The molecule has 0 unspecified atom stereocenters. The van der Waals surface area contributed by atoms with Gasteiger partial charge in [-0.2, -0.15) is 0 Å². The van der Waals surface area contributed by atoms with Crippen LogP contribution in [0.3, 0.4) is 0 Å². The number of hydrogen-bond acceptors (Lipinski definition) is 1. The van der Waals surface area contributed by atoms with E-state index in [0.29, 0.717) is 0 Å². The maximum atomic E-state index is 7.50. The molecule has 6 nitrogen and oxygen atoms in total. The molecule has 0 aromatic heterocycles. The number of benzene rings is 2. The zero-order valence-corrected chi connectivity index (χ0v) is 13.7. The van der Waals surface area contributed by atoms with Gasteiger partial charge in [-0.3, -0.25) is 0 Å². The van der Waals surface area contributed by atoms with E-state index in [2.05, 4.69) is 79.4 Å². The molecule has 0 fully saturated rings. The van der Waals surface area contributed by atoms with E-state index < -0.39 is 0 Å². The second-order valence-electron chi connectivity index (χ2n) is 3.05. The minimum atomic E-state index is 0.829. The van der Waals surface area contributed by atoms with Crippen LogP contribution in [0.2, 0.25) is 0 Å². The van der Waals surface area contributed by atoms with E-state index in [-0.39, 0.29) is 0 Å². The Labute approximate surface area is 148 Å². The summed E-state index contributed by atoms with van der Waals surface area (Å²) in [6.45, 7) is 22.5. The van der Waals surface area contributed by atoms with E-state index in [0.717, 1.165) is 10.1 Å². The monoisotopic (exact) mass is 362 g/mol. The van der Waals surface area contributed by atoms with Crippen molar-refractivity contribution in [3.63, 3.8) is 0 Å². The summed E-state index contributed by atoms with van der Waals surface area (Å²) >= 11 is 2.90. The Morgan fingerprint density at radius 1 is 0.750 bits per heavy atom. The number of hydrogen-bond donors (Lipinski definition) is 0. The van der Waals surface area contributed by atoms with Crippen LogP contribution in [0.25, 0.3) is 10.8 Å². The Hall–Kier alpha value is -2.24. The summed E-state index contributed by atoms with van der Waals surface area (Å²) in [5.74, 6) is 0. The first-order valence-corrected chi connectivity index (χ1v) is 6.04. The standard InChI is InChI=1S/C12H10O.5CO.Cr/c1-13-9-10-6-7-11-4-2-3-5-12(11)8-10;5*1-2;/h2-8H,1H3;;;;;;. The van der Waals surface area contributed by atoms with Crippen LogP contribution < -0.4 is 0 Å². The van der Waals surface area contributed by atoms with Crippen molar-refractivity contribution in [1.82, 2.24) is 0 Å². The van der Waals surface area contributed by atoms with Crippen LogP contribution in [0, 0.1) is 33.3 Å². The van der Waals surface area contributed by atoms with E-state index >= 15 is 0 Å². The molecule has 120 valence electrons. The first kappa shape index (κ1) is 29.7. The molecule has 0 heterocycles. The molecule has 7 heteroatoms. The number of methoxy groups -OCH3 is 1. The molecule has 0 aliphatic rings. The number of ether oxygens (including phenoxy) is 1. The van der Waals surface area contributed by atoms with E-state index in [1.165, 1.54) is 10.8 Å². The fourth-order valence-corrected chi connectivity index (χ4v) is 1.63. The second-order valence-corrected chi connectivity index (χ2v) is 3.63. The third-order valence-corrected chi connectivity index (χ3v) is 2.80. The molecule has 0 saturated heterocycles. The Morgan fingerprint density at radius 2 is 1.17 bits per heavy atom. The molecule has 2 rings (SSSR count). The van der Waals surface area contributed by atoms with Gasteiger partial charge < -0.3 is 0 Å². The summed E-state index contributed by atoms with van der Waals surface area (Å²) in [6.07, 6.45) is 0. The fourth-order valence-electron chi connectivity index (χ4n) is 1.43. The van der Waals surface area contributed by atoms with E-state index in [4.69, 9.17) is 28.0 Å². The topological polar surface area (TPSA) is 109 Å². The molecule has 2 aromatic carbocycles. The van der Waals surface area contributed by atoms with Gasteiger partial charge in [-0.25, -0.2) is 0 Å². The second kappa shape index (κ2) is 25.7. The predicted molar refractivity (Wildman–Crippen MR) is 74.7 cm³/mol. The van der Waals surface area contributed by atoms with Crippen LogP contribution >= 0.6 is 0 Å². The zero-order valence-electron chi connectivity index (χ0n) is 12.4. The van der Waals surface area contributed by atoms with Crippen molar-refractivity contribution in [1.29, 1.82) is 0 Å². The van der Waals surface area contributed by atoms with Gasteiger partial charge in [0.25, 0.3) is 0 Å². The Balaban J connectivity index is -0.000000173.